The maximum Gasteiger partial charge on any atom is 0.123 e. The third kappa shape index (κ3) is 4.57. The highest BCUT2D eigenvalue weighted by Gasteiger charge is 2.25. The SMILES string of the molecule is CCC(C)CN(CC)C(c1cccc(F)c1)C(N)CC. The Kier molecular flexibility index (Phi) is 7.17. The zero-order valence-electron chi connectivity index (χ0n) is 13.3. The fourth-order valence-electron chi connectivity index (χ4n) is 2.61. The lowest BCUT2D eigenvalue weighted by Crippen LogP contribution is -2.42. The number of nitrogens with two attached hydrogens (primary N) is 1. The number of rotatable bonds is 8. The number of halogens is 1. The number of benzene rings is 1. The maximum absolute atomic E-state index is 13.5. The van der Waals surface area contributed by atoms with Gasteiger partial charge in [0.25, 0.3) is 0 Å². The number of hydrogen-bond donors (Lipinski definition) is 1. The van der Waals surface area contributed by atoms with Crippen molar-refractivity contribution < 1.29 is 4.39 Å². The normalized spacial score (nSPS) is 16.1. The van der Waals surface area contributed by atoms with Gasteiger partial charge in [-0.1, -0.05) is 46.2 Å². The molecule has 1 aromatic carbocycles. The van der Waals surface area contributed by atoms with Gasteiger partial charge in [-0.3, -0.25) is 4.90 Å². The Bertz CT molecular complexity index is 394. The Morgan fingerprint density at radius 3 is 2.40 bits per heavy atom. The summed E-state index contributed by atoms with van der Waals surface area (Å²) in [5.41, 5.74) is 7.32. The third-order valence-electron chi connectivity index (χ3n) is 4.11. The summed E-state index contributed by atoms with van der Waals surface area (Å²) < 4.78 is 13.5. The molecule has 0 fully saturated rings. The lowest BCUT2D eigenvalue weighted by Gasteiger charge is -2.36. The second-order valence-corrected chi connectivity index (χ2v) is 5.67. The van der Waals surface area contributed by atoms with Crippen LogP contribution in [-0.4, -0.2) is 24.0 Å². The van der Waals surface area contributed by atoms with E-state index in [2.05, 4.69) is 32.6 Å². The lowest BCUT2D eigenvalue weighted by molar-refractivity contribution is 0.153. The van der Waals surface area contributed by atoms with Gasteiger partial charge in [0.1, 0.15) is 5.82 Å². The van der Waals surface area contributed by atoms with E-state index in [1.165, 1.54) is 6.07 Å². The minimum atomic E-state index is -0.185. The van der Waals surface area contributed by atoms with Crippen LogP contribution in [-0.2, 0) is 0 Å². The maximum atomic E-state index is 13.5. The van der Waals surface area contributed by atoms with E-state index in [1.807, 2.05) is 6.07 Å². The largest absolute Gasteiger partial charge is 0.326 e. The minimum Gasteiger partial charge on any atom is -0.326 e. The van der Waals surface area contributed by atoms with E-state index >= 15 is 0 Å². The number of likely N-dealkylation sites (N-methyl/N-ethyl adjacent to an activating group) is 1. The molecule has 0 spiro atoms. The Morgan fingerprint density at radius 1 is 1.20 bits per heavy atom. The molecule has 114 valence electrons. The van der Waals surface area contributed by atoms with E-state index in [-0.39, 0.29) is 17.9 Å². The fourth-order valence-corrected chi connectivity index (χ4v) is 2.61. The van der Waals surface area contributed by atoms with Crippen LogP contribution in [0.4, 0.5) is 4.39 Å². The van der Waals surface area contributed by atoms with Gasteiger partial charge in [-0.25, -0.2) is 4.39 Å². The van der Waals surface area contributed by atoms with Crippen molar-refractivity contribution in [1.29, 1.82) is 0 Å². The van der Waals surface area contributed by atoms with E-state index < -0.39 is 0 Å². The molecule has 1 aromatic rings. The van der Waals surface area contributed by atoms with Gasteiger partial charge >= 0.3 is 0 Å². The van der Waals surface area contributed by atoms with E-state index in [0.717, 1.165) is 31.5 Å². The fraction of sp³-hybridized carbons (Fsp3) is 0.647. The van der Waals surface area contributed by atoms with Crippen LogP contribution in [0.1, 0.15) is 52.1 Å². The summed E-state index contributed by atoms with van der Waals surface area (Å²) in [4.78, 5) is 2.39. The smallest absolute Gasteiger partial charge is 0.123 e. The Balaban J connectivity index is 3.03. The van der Waals surface area contributed by atoms with Crippen LogP contribution in [0.3, 0.4) is 0 Å². The first kappa shape index (κ1) is 17.1. The molecular formula is C17H29FN2. The van der Waals surface area contributed by atoms with Crippen LogP contribution in [0, 0.1) is 11.7 Å². The van der Waals surface area contributed by atoms with Crippen molar-refractivity contribution in [2.24, 2.45) is 11.7 Å². The number of nitrogens with zero attached hydrogens (tertiary/aromatic N) is 1. The van der Waals surface area contributed by atoms with Gasteiger partial charge in [-0.15, -0.1) is 0 Å². The topological polar surface area (TPSA) is 29.3 Å². The average Bonchev–Trinajstić information content (AvgIpc) is 2.45. The molecule has 3 unspecified atom stereocenters. The quantitative estimate of drug-likeness (QED) is 0.780. The molecule has 0 radical (unpaired) electrons. The molecule has 0 saturated heterocycles. The van der Waals surface area contributed by atoms with Crippen molar-refractivity contribution in [3.8, 4) is 0 Å². The molecule has 0 aliphatic rings. The Hall–Kier alpha value is -0.930. The van der Waals surface area contributed by atoms with Gasteiger partial charge in [-0.2, -0.15) is 0 Å². The predicted molar refractivity (Wildman–Crippen MR) is 84.1 cm³/mol. The summed E-state index contributed by atoms with van der Waals surface area (Å²) in [7, 11) is 0. The van der Waals surface area contributed by atoms with Crippen molar-refractivity contribution in [2.75, 3.05) is 13.1 Å². The standard InChI is InChI=1S/C17H29FN2/c1-5-13(4)12-20(7-3)17(16(19)6-2)14-9-8-10-15(18)11-14/h8-11,13,16-17H,5-7,12,19H2,1-4H3. The average molecular weight is 280 g/mol. The summed E-state index contributed by atoms with van der Waals surface area (Å²) in [6.07, 6.45) is 2.03. The molecular weight excluding hydrogens is 251 g/mol. The monoisotopic (exact) mass is 280 g/mol. The van der Waals surface area contributed by atoms with Gasteiger partial charge in [0.15, 0.2) is 0 Å². The second kappa shape index (κ2) is 8.38. The molecule has 0 aliphatic heterocycles. The zero-order chi connectivity index (χ0) is 15.1. The van der Waals surface area contributed by atoms with E-state index in [9.17, 15) is 4.39 Å². The van der Waals surface area contributed by atoms with Gasteiger partial charge in [0.05, 0.1) is 0 Å². The molecule has 0 aromatic heterocycles. The molecule has 0 amide bonds. The molecule has 2 N–H and O–H groups in total. The van der Waals surface area contributed by atoms with Crippen LogP contribution in [0.25, 0.3) is 0 Å². The molecule has 3 heteroatoms. The predicted octanol–water partition coefficient (Wildman–Crippen LogP) is 3.97. The Labute approximate surface area is 123 Å². The summed E-state index contributed by atoms with van der Waals surface area (Å²) in [6.45, 7) is 10.6. The second-order valence-electron chi connectivity index (χ2n) is 5.67. The molecule has 0 saturated carbocycles. The van der Waals surface area contributed by atoms with Gasteiger partial charge in [0, 0.05) is 18.6 Å². The molecule has 3 atom stereocenters. The lowest BCUT2D eigenvalue weighted by atomic mass is 9.95. The summed E-state index contributed by atoms with van der Waals surface area (Å²) in [5.74, 6) is 0.436. The first-order valence-electron chi connectivity index (χ1n) is 7.78. The molecule has 1 rings (SSSR count). The van der Waals surface area contributed by atoms with Crippen molar-refractivity contribution >= 4 is 0 Å². The highest BCUT2D eigenvalue weighted by atomic mass is 19.1. The van der Waals surface area contributed by atoms with Crippen molar-refractivity contribution in [1.82, 2.24) is 4.90 Å². The Morgan fingerprint density at radius 2 is 1.90 bits per heavy atom. The molecule has 0 aliphatic carbocycles. The van der Waals surface area contributed by atoms with Crippen LogP contribution in [0.15, 0.2) is 24.3 Å². The van der Waals surface area contributed by atoms with Crippen molar-refractivity contribution in [3.05, 3.63) is 35.6 Å². The molecule has 2 nitrogen and oxygen atoms in total. The van der Waals surface area contributed by atoms with Crippen LogP contribution in [0.5, 0.6) is 0 Å². The summed E-state index contributed by atoms with van der Waals surface area (Å²) in [5, 5.41) is 0. The van der Waals surface area contributed by atoms with Gasteiger partial charge < -0.3 is 5.73 Å². The van der Waals surface area contributed by atoms with Gasteiger partial charge in [0.2, 0.25) is 0 Å². The highest BCUT2D eigenvalue weighted by Crippen LogP contribution is 2.26. The summed E-state index contributed by atoms with van der Waals surface area (Å²) in [6, 6.07) is 7.00. The zero-order valence-corrected chi connectivity index (χ0v) is 13.3. The molecule has 0 bridgehead atoms. The number of hydrogen-bond acceptors (Lipinski definition) is 2. The minimum absolute atomic E-state index is 0.0285. The van der Waals surface area contributed by atoms with E-state index in [4.69, 9.17) is 5.73 Å². The molecule has 20 heavy (non-hydrogen) atoms. The van der Waals surface area contributed by atoms with E-state index in [0.29, 0.717) is 5.92 Å². The summed E-state index contributed by atoms with van der Waals surface area (Å²) >= 11 is 0. The van der Waals surface area contributed by atoms with Crippen LogP contribution < -0.4 is 5.73 Å². The first-order valence-corrected chi connectivity index (χ1v) is 7.78. The van der Waals surface area contributed by atoms with Crippen molar-refractivity contribution in [2.45, 2.75) is 52.6 Å². The van der Waals surface area contributed by atoms with Crippen molar-refractivity contribution in [3.63, 3.8) is 0 Å². The van der Waals surface area contributed by atoms with Crippen LogP contribution in [0.2, 0.25) is 0 Å². The first-order chi connectivity index (χ1) is 9.53. The third-order valence-corrected chi connectivity index (χ3v) is 4.11. The van der Waals surface area contributed by atoms with Gasteiger partial charge in [-0.05, 0) is 36.6 Å². The van der Waals surface area contributed by atoms with Crippen LogP contribution >= 0.6 is 0 Å². The van der Waals surface area contributed by atoms with E-state index in [1.54, 1.807) is 12.1 Å². The molecule has 0 heterocycles. The highest BCUT2D eigenvalue weighted by molar-refractivity contribution is 5.22.